The minimum Gasteiger partial charge on any atom is -0.259 e. The van der Waals surface area contributed by atoms with Crippen molar-refractivity contribution >= 4 is 28.2 Å². The third-order valence-electron chi connectivity index (χ3n) is 2.32. The van der Waals surface area contributed by atoms with Crippen LogP contribution in [0.25, 0.3) is 16.2 Å². The van der Waals surface area contributed by atoms with E-state index < -0.39 is 0 Å². The number of aromatic nitrogens is 3. The van der Waals surface area contributed by atoms with Crippen LogP contribution in [-0.2, 0) is 0 Å². The predicted octanol–water partition coefficient (Wildman–Crippen LogP) is 2.27. The molecule has 1 aromatic carbocycles. The molecular weight excluding hydrogens is 266 g/mol. The van der Waals surface area contributed by atoms with Gasteiger partial charge < -0.3 is 0 Å². The molecule has 0 atom stereocenters. The summed E-state index contributed by atoms with van der Waals surface area (Å²) in [6, 6.07) is 10.1. The minimum absolute atomic E-state index is 0.873. The van der Waals surface area contributed by atoms with E-state index >= 15 is 0 Å². The molecule has 2 heterocycles. The topological polar surface area (TPSA) is 59.5 Å². The molecule has 7 heteroatoms. The molecule has 0 bridgehead atoms. The smallest absolute Gasteiger partial charge is 0.213 e. The highest BCUT2D eigenvalue weighted by Gasteiger charge is 2.10. The van der Waals surface area contributed by atoms with Gasteiger partial charge in [-0.1, -0.05) is 41.7 Å². The SMILES string of the molecule is CN(N)Sc1nn2cc(-c3ccccc3)nc2s1. The molecule has 5 nitrogen and oxygen atoms in total. The molecule has 0 spiro atoms. The van der Waals surface area contributed by atoms with Gasteiger partial charge in [0.2, 0.25) is 4.96 Å². The fourth-order valence-corrected chi connectivity index (χ4v) is 3.30. The van der Waals surface area contributed by atoms with Crippen molar-refractivity contribution in [3.63, 3.8) is 0 Å². The number of hydrogen-bond donors (Lipinski definition) is 1. The molecule has 2 N–H and O–H groups in total. The summed E-state index contributed by atoms with van der Waals surface area (Å²) in [4.78, 5) is 5.43. The Morgan fingerprint density at radius 1 is 1.33 bits per heavy atom. The quantitative estimate of drug-likeness (QED) is 0.452. The van der Waals surface area contributed by atoms with Gasteiger partial charge in [0.1, 0.15) is 0 Å². The molecule has 0 saturated heterocycles. The predicted molar refractivity (Wildman–Crippen MR) is 74.1 cm³/mol. The van der Waals surface area contributed by atoms with E-state index in [9.17, 15) is 0 Å². The van der Waals surface area contributed by atoms with E-state index in [1.807, 2.05) is 36.5 Å². The fraction of sp³-hybridized carbons (Fsp3) is 0.0909. The van der Waals surface area contributed by atoms with Crippen LogP contribution in [0.4, 0.5) is 0 Å². The lowest BCUT2D eigenvalue weighted by molar-refractivity contribution is 0.608. The van der Waals surface area contributed by atoms with Crippen molar-refractivity contribution in [1.29, 1.82) is 0 Å². The van der Waals surface area contributed by atoms with Crippen LogP contribution < -0.4 is 5.84 Å². The summed E-state index contributed by atoms with van der Waals surface area (Å²) < 4.78 is 4.19. The first kappa shape index (κ1) is 11.7. The van der Waals surface area contributed by atoms with Crippen molar-refractivity contribution in [3.05, 3.63) is 36.5 Å². The highest BCUT2D eigenvalue weighted by molar-refractivity contribution is 7.98. The Hall–Kier alpha value is -1.41. The molecule has 0 fully saturated rings. The van der Waals surface area contributed by atoms with Gasteiger partial charge in [-0.05, 0) is 0 Å². The summed E-state index contributed by atoms with van der Waals surface area (Å²) in [5.41, 5.74) is 2.03. The summed E-state index contributed by atoms with van der Waals surface area (Å²) in [5, 5.41) is 4.41. The van der Waals surface area contributed by atoms with Gasteiger partial charge in [0.25, 0.3) is 0 Å². The Labute approximate surface area is 112 Å². The zero-order valence-corrected chi connectivity index (χ0v) is 11.3. The van der Waals surface area contributed by atoms with E-state index in [1.165, 1.54) is 27.7 Å². The van der Waals surface area contributed by atoms with Gasteiger partial charge in [0.15, 0.2) is 4.34 Å². The van der Waals surface area contributed by atoms with E-state index in [1.54, 1.807) is 11.6 Å². The molecule has 0 amide bonds. The maximum atomic E-state index is 5.57. The number of imidazole rings is 1. The van der Waals surface area contributed by atoms with E-state index in [0.29, 0.717) is 0 Å². The van der Waals surface area contributed by atoms with Crippen LogP contribution >= 0.6 is 23.3 Å². The first-order valence-corrected chi connectivity index (χ1v) is 6.89. The Kier molecular flexibility index (Phi) is 3.04. The van der Waals surface area contributed by atoms with Crippen molar-refractivity contribution in [2.45, 2.75) is 4.34 Å². The highest BCUT2D eigenvalue weighted by Crippen LogP contribution is 2.27. The zero-order chi connectivity index (χ0) is 12.5. The summed E-state index contributed by atoms with van der Waals surface area (Å²) in [5.74, 6) is 5.57. The Bertz CT molecular complexity index is 627. The molecule has 0 aliphatic heterocycles. The largest absolute Gasteiger partial charge is 0.259 e. The van der Waals surface area contributed by atoms with Crippen molar-refractivity contribution in [2.24, 2.45) is 5.84 Å². The van der Waals surface area contributed by atoms with Crippen molar-refractivity contribution in [1.82, 2.24) is 19.0 Å². The molecule has 0 aliphatic carbocycles. The summed E-state index contributed by atoms with van der Waals surface area (Å²) in [6.07, 6.45) is 1.93. The van der Waals surface area contributed by atoms with Crippen LogP contribution in [0, 0.1) is 0 Å². The first-order valence-electron chi connectivity index (χ1n) is 5.30. The van der Waals surface area contributed by atoms with Crippen LogP contribution in [0.1, 0.15) is 0 Å². The lowest BCUT2D eigenvalue weighted by Gasteiger charge is -2.02. The Morgan fingerprint density at radius 3 is 2.78 bits per heavy atom. The zero-order valence-electron chi connectivity index (χ0n) is 9.65. The number of rotatable bonds is 3. The van der Waals surface area contributed by atoms with Crippen LogP contribution in [0.2, 0.25) is 0 Å². The van der Waals surface area contributed by atoms with Crippen LogP contribution in [0.15, 0.2) is 40.9 Å². The van der Waals surface area contributed by atoms with Gasteiger partial charge in [-0.15, -0.1) is 5.10 Å². The van der Waals surface area contributed by atoms with E-state index in [0.717, 1.165) is 20.6 Å². The molecule has 18 heavy (non-hydrogen) atoms. The van der Waals surface area contributed by atoms with Crippen LogP contribution in [0.3, 0.4) is 0 Å². The number of benzene rings is 1. The molecule has 0 aliphatic rings. The summed E-state index contributed by atoms with van der Waals surface area (Å²) >= 11 is 2.91. The van der Waals surface area contributed by atoms with Gasteiger partial charge in [-0.2, -0.15) is 4.41 Å². The van der Waals surface area contributed by atoms with Gasteiger partial charge in [0, 0.05) is 24.6 Å². The lowest BCUT2D eigenvalue weighted by atomic mass is 10.2. The van der Waals surface area contributed by atoms with Gasteiger partial charge >= 0.3 is 0 Å². The van der Waals surface area contributed by atoms with Crippen molar-refractivity contribution in [3.8, 4) is 11.3 Å². The summed E-state index contributed by atoms with van der Waals surface area (Å²) in [6.45, 7) is 0. The maximum Gasteiger partial charge on any atom is 0.213 e. The second-order valence-electron chi connectivity index (χ2n) is 3.72. The standard InChI is InChI=1S/C11H11N5S2/c1-15(12)18-11-14-16-7-9(13-10(16)17-11)8-5-3-2-4-6-8/h2-7H,12H2,1H3. The molecule has 2 aromatic heterocycles. The minimum atomic E-state index is 0.873. The molecule has 0 unspecified atom stereocenters. The number of nitrogens with zero attached hydrogens (tertiary/aromatic N) is 4. The van der Waals surface area contributed by atoms with Crippen LogP contribution in [0.5, 0.6) is 0 Å². The average Bonchev–Trinajstić information content (AvgIpc) is 2.87. The van der Waals surface area contributed by atoms with E-state index in [-0.39, 0.29) is 0 Å². The van der Waals surface area contributed by atoms with Gasteiger partial charge in [0.05, 0.1) is 11.9 Å². The molecule has 3 aromatic rings. The lowest BCUT2D eigenvalue weighted by Crippen LogP contribution is -2.16. The monoisotopic (exact) mass is 277 g/mol. The maximum absolute atomic E-state index is 5.57. The van der Waals surface area contributed by atoms with Gasteiger partial charge in [-0.25, -0.2) is 9.50 Å². The normalized spacial score (nSPS) is 11.5. The van der Waals surface area contributed by atoms with Crippen molar-refractivity contribution in [2.75, 3.05) is 7.05 Å². The second kappa shape index (κ2) is 4.69. The Balaban J connectivity index is 1.96. The van der Waals surface area contributed by atoms with Crippen LogP contribution in [-0.4, -0.2) is 26.1 Å². The first-order chi connectivity index (χ1) is 8.72. The third kappa shape index (κ3) is 2.25. The highest BCUT2D eigenvalue weighted by atomic mass is 32.2. The molecular formula is C11H11N5S2. The number of hydrogen-bond acceptors (Lipinski definition) is 6. The third-order valence-corrected chi connectivity index (χ3v) is 4.03. The molecule has 92 valence electrons. The molecule has 3 rings (SSSR count). The second-order valence-corrected chi connectivity index (χ2v) is 6.08. The number of nitrogens with two attached hydrogens (primary N) is 1. The number of hydrazine groups is 1. The fourth-order valence-electron chi connectivity index (χ4n) is 1.59. The van der Waals surface area contributed by atoms with E-state index in [2.05, 4.69) is 10.1 Å². The Morgan fingerprint density at radius 2 is 2.11 bits per heavy atom. The van der Waals surface area contributed by atoms with Crippen molar-refractivity contribution < 1.29 is 0 Å². The average molecular weight is 277 g/mol. The molecule has 0 saturated carbocycles. The summed E-state index contributed by atoms with van der Waals surface area (Å²) in [7, 11) is 1.78. The molecule has 0 radical (unpaired) electrons. The van der Waals surface area contributed by atoms with Gasteiger partial charge in [-0.3, -0.25) is 5.84 Å². The van der Waals surface area contributed by atoms with E-state index in [4.69, 9.17) is 5.84 Å². The number of fused-ring (bicyclic) bond motifs is 1.